The molecule has 35 heavy (non-hydrogen) atoms. The summed E-state index contributed by atoms with van der Waals surface area (Å²) < 4.78 is 5.70. The molecule has 5 heteroatoms. The van der Waals surface area contributed by atoms with Crippen molar-refractivity contribution in [2.75, 3.05) is 13.7 Å². The third-order valence-electron chi connectivity index (χ3n) is 6.47. The predicted molar refractivity (Wildman–Crippen MR) is 151 cm³/mol. The SMILES string of the molecule is COc1ccc(C(C)(C)C#Cc2ccccc2)cc1CN[C@H]1CCCN[C@H]1c1ccccc1.Cl.Cl. The van der Waals surface area contributed by atoms with E-state index >= 15 is 0 Å². The van der Waals surface area contributed by atoms with Crippen molar-refractivity contribution in [3.8, 4) is 17.6 Å². The minimum Gasteiger partial charge on any atom is -0.496 e. The second kappa shape index (κ2) is 13.6. The van der Waals surface area contributed by atoms with Crippen LogP contribution in [0.3, 0.4) is 0 Å². The van der Waals surface area contributed by atoms with Crippen molar-refractivity contribution in [1.82, 2.24) is 10.6 Å². The first-order valence-electron chi connectivity index (χ1n) is 11.8. The lowest BCUT2D eigenvalue weighted by Crippen LogP contribution is -2.45. The topological polar surface area (TPSA) is 33.3 Å². The first-order valence-corrected chi connectivity index (χ1v) is 11.8. The van der Waals surface area contributed by atoms with Gasteiger partial charge in [-0.2, -0.15) is 0 Å². The molecule has 186 valence electrons. The van der Waals surface area contributed by atoms with Crippen LogP contribution >= 0.6 is 24.8 Å². The van der Waals surface area contributed by atoms with Crippen LogP contribution in [0.1, 0.15) is 55.0 Å². The van der Waals surface area contributed by atoms with E-state index in [9.17, 15) is 0 Å². The Morgan fingerprint density at radius 2 is 1.66 bits per heavy atom. The van der Waals surface area contributed by atoms with Crippen LogP contribution in [-0.4, -0.2) is 19.7 Å². The highest BCUT2D eigenvalue weighted by Gasteiger charge is 2.26. The van der Waals surface area contributed by atoms with Gasteiger partial charge in [0.05, 0.1) is 12.5 Å². The van der Waals surface area contributed by atoms with Crippen molar-refractivity contribution < 1.29 is 4.74 Å². The molecule has 1 heterocycles. The van der Waals surface area contributed by atoms with Gasteiger partial charge in [-0.1, -0.05) is 66.4 Å². The van der Waals surface area contributed by atoms with E-state index in [0.29, 0.717) is 12.1 Å². The Morgan fingerprint density at radius 1 is 0.971 bits per heavy atom. The van der Waals surface area contributed by atoms with Crippen LogP contribution < -0.4 is 15.4 Å². The molecule has 1 fully saturated rings. The number of methoxy groups -OCH3 is 1. The van der Waals surface area contributed by atoms with Gasteiger partial charge in [-0.05, 0) is 68.6 Å². The molecule has 4 rings (SSSR count). The summed E-state index contributed by atoms with van der Waals surface area (Å²) in [6.07, 6.45) is 2.34. The fourth-order valence-electron chi connectivity index (χ4n) is 4.49. The van der Waals surface area contributed by atoms with E-state index in [0.717, 1.165) is 30.8 Å². The number of nitrogens with one attached hydrogen (secondary N) is 2. The maximum atomic E-state index is 5.70. The predicted octanol–water partition coefficient (Wildman–Crippen LogP) is 6.45. The number of hydrogen-bond donors (Lipinski definition) is 2. The molecule has 0 bridgehead atoms. The van der Waals surface area contributed by atoms with E-state index in [2.05, 4.69) is 84.9 Å². The second-order valence-electron chi connectivity index (χ2n) is 9.24. The number of benzene rings is 3. The van der Waals surface area contributed by atoms with Crippen LogP contribution in [0.15, 0.2) is 78.9 Å². The first-order chi connectivity index (χ1) is 16.1. The van der Waals surface area contributed by atoms with Gasteiger partial charge < -0.3 is 15.4 Å². The standard InChI is InChI=1S/C30H34N2O.2ClH/c1-30(2,19-18-23-11-6-4-7-12-23)26-16-17-28(33-3)25(21-26)22-32-27-15-10-20-31-29(27)24-13-8-5-9-14-24;;/h4-9,11-14,16-17,21,27,29,31-32H,10,15,20,22H2,1-3H3;2*1H/t27-,29-;;/m0../s1. The van der Waals surface area contributed by atoms with E-state index in [1.807, 2.05) is 30.3 Å². The maximum Gasteiger partial charge on any atom is 0.123 e. The fourth-order valence-corrected chi connectivity index (χ4v) is 4.49. The van der Waals surface area contributed by atoms with E-state index in [1.165, 1.54) is 23.1 Å². The molecule has 0 saturated carbocycles. The summed E-state index contributed by atoms with van der Waals surface area (Å²) in [5.41, 5.74) is 4.48. The van der Waals surface area contributed by atoms with Gasteiger partial charge in [0.25, 0.3) is 0 Å². The lowest BCUT2D eigenvalue weighted by atomic mass is 9.84. The lowest BCUT2D eigenvalue weighted by molar-refractivity contribution is 0.302. The molecular formula is C30H36Cl2N2O. The van der Waals surface area contributed by atoms with Gasteiger partial charge in [-0.3, -0.25) is 0 Å². The smallest absolute Gasteiger partial charge is 0.123 e. The van der Waals surface area contributed by atoms with Crippen molar-refractivity contribution >= 4 is 24.8 Å². The first kappa shape index (κ1) is 28.8. The van der Waals surface area contributed by atoms with Gasteiger partial charge in [0.2, 0.25) is 0 Å². The quantitative estimate of drug-likeness (QED) is 0.373. The molecule has 2 atom stereocenters. The van der Waals surface area contributed by atoms with Crippen molar-refractivity contribution in [3.63, 3.8) is 0 Å². The summed E-state index contributed by atoms with van der Waals surface area (Å²) in [6.45, 7) is 6.18. The Morgan fingerprint density at radius 3 is 2.34 bits per heavy atom. The van der Waals surface area contributed by atoms with Gasteiger partial charge in [0, 0.05) is 29.8 Å². The summed E-state index contributed by atoms with van der Waals surface area (Å²) >= 11 is 0. The highest BCUT2D eigenvalue weighted by molar-refractivity contribution is 5.85. The molecule has 0 aromatic heterocycles. The summed E-state index contributed by atoms with van der Waals surface area (Å²) in [5.74, 6) is 7.72. The second-order valence-corrected chi connectivity index (χ2v) is 9.24. The van der Waals surface area contributed by atoms with Crippen LogP contribution in [0.5, 0.6) is 5.75 Å². The van der Waals surface area contributed by atoms with Crippen molar-refractivity contribution in [2.24, 2.45) is 0 Å². The Labute approximate surface area is 222 Å². The average Bonchev–Trinajstić information content (AvgIpc) is 2.87. The summed E-state index contributed by atoms with van der Waals surface area (Å²) in [4.78, 5) is 0. The number of halogens is 2. The zero-order valence-electron chi connectivity index (χ0n) is 20.7. The van der Waals surface area contributed by atoms with Crippen molar-refractivity contribution in [3.05, 3.63) is 101 Å². The molecule has 0 aliphatic carbocycles. The Balaban J connectivity index is 0.00000216. The molecule has 2 N–H and O–H groups in total. The minimum atomic E-state index is -0.268. The van der Waals surface area contributed by atoms with E-state index in [4.69, 9.17) is 4.74 Å². The molecule has 3 aromatic rings. The number of hydrogen-bond acceptors (Lipinski definition) is 3. The molecule has 1 aliphatic rings. The molecule has 0 spiro atoms. The van der Waals surface area contributed by atoms with Crippen LogP contribution in [-0.2, 0) is 12.0 Å². The van der Waals surface area contributed by atoms with Crippen molar-refractivity contribution in [2.45, 2.75) is 50.7 Å². The van der Waals surface area contributed by atoms with Crippen LogP contribution in [0.25, 0.3) is 0 Å². The van der Waals surface area contributed by atoms with Gasteiger partial charge in [-0.25, -0.2) is 0 Å². The summed E-state index contributed by atoms with van der Waals surface area (Å²) in [7, 11) is 1.74. The molecule has 0 amide bonds. The monoisotopic (exact) mass is 510 g/mol. The van der Waals surface area contributed by atoms with E-state index in [1.54, 1.807) is 7.11 Å². The summed E-state index contributed by atoms with van der Waals surface area (Å²) in [5, 5.41) is 7.53. The Bertz CT molecular complexity index is 1110. The van der Waals surface area contributed by atoms with Crippen LogP contribution in [0, 0.1) is 11.8 Å². The molecule has 0 unspecified atom stereocenters. The molecule has 1 aliphatic heterocycles. The number of piperidine rings is 1. The number of rotatable bonds is 6. The Kier molecular flexibility index (Phi) is 11.1. The third-order valence-corrected chi connectivity index (χ3v) is 6.47. The van der Waals surface area contributed by atoms with Gasteiger partial charge in [0.15, 0.2) is 0 Å². The minimum absolute atomic E-state index is 0. The normalized spacial score (nSPS) is 17.2. The lowest BCUT2D eigenvalue weighted by Gasteiger charge is -2.34. The van der Waals surface area contributed by atoms with Crippen LogP contribution in [0.2, 0.25) is 0 Å². The average molecular weight is 512 g/mol. The number of ether oxygens (including phenoxy) is 1. The fraction of sp³-hybridized carbons (Fsp3) is 0.333. The molecular weight excluding hydrogens is 475 g/mol. The zero-order valence-corrected chi connectivity index (χ0v) is 22.3. The van der Waals surface area contributed by atoms with Crippen molar-refractivity contribution in [1.29, 1.82) is 0 Å². The van der Waals surface area contributed by atoms with Gasteiger partial charge in [-0.15, -0.1) is 24.8 Å². The van der Waals surface area contributed by atoms with Crippen LogP contribution in [0.4, 0.5) is 0 Å². The molecule has 3 aromatic carbocycles. The largest absolute Gasteiger partial charge is 0.496 e. The van der Waals surface area contributed by atoms with Gasteiger partial charge in [0.1, 0.15) is 5.75 Å². The highest BCUT2D eigenvalue weighted by Crippen LogP contribution is 2.29. The molecule has 0 radical (unpaired) electrons. The third kappa shape index (κ3) is 7.50. The van der Waals surface area contributed by atoms with Gasteiger partial charge >= 0.3 is 0 Å². The maximum absolute atomic E-state index is 5.70. The highest BCUT2D eigenvalue weighted by atomic mass is 35.5. The Hall–Kier alpha value is -2.48. The molecule has 1 saturated heterocycles. The molecule has 3 nitrogen and oxygen atoms in total. The van der Waals surface area contributed by atoms with E-state index < -0.39 is 0 Å². The summed E-state index contributed by atoms with van der Waals surface area (Å²) in [6, 6.07) is 28.1. The zero-order chi connectivity index (χ0) is 23.1. The van der Waals surface area contributed by atoms with E-state index in [-0.39, 0.29) is 30.2 Å².